The summed E-state index contributed by atoms with van der Waals surface area (Å²) < 4.78 is 10.6. The number of hydrogen-bond acceptors (Lipinski definition) is 9. The second kappa shape index (κ2) is 18.0. The van der Waals surface area contributed by atoms with Crippen LogP contribution in [0.3, 0.4) is 0 Å². The zero-order chi connectivity index (χ0) is 24.6. The third kappa shape index (κ3) is 11.7. The minimum atomic E-state index is -1.54. The van der Waals surface area contributed by atoms with Crippen LogP contribution in [0.15, 0.2) is 0 Å². The van der Waals surface area contributed by atoms with E-state index in [9.17, 15) is 30.6 Å². The first-order chi connectivity index (χ1) is 15.8. The van der Waals surface area contributed by atoms with Crippen LogP contribution < -0.4 is 5.73 Å². The smallest absolute Gasteiger partial charge is 0.186 e. The molecule has 9 heteroatoms. The van der Waals surface area contributed by atoms with E-state index < -0.39 is 55.6 Å². The van der Waals surface area contributed by atoms with Gasteiger partial charge in [-0.15, -0.1) is 0 Å². The van der Waals surface area contributed by atoms with Crippen molar-refractivity contribution in [2.45, 2.75) is 139 Å². The molecule has 8 N–H and O–H groups in total. The predicted octanol–water partition coefficient (Wildman–Crippen LogP) is 0.943. The molecule has 1 aliphatic rings. The topological polar surface area (TPSA) is 166 Å². The summed E-state index contributed by atoms with van der Waals surface area (Å²) in [6.45, 7) is 1.44. The van der Waals surface area contributed by atoms with E-state index in [1.807, 2.05) is 0 Å². The van der Waals surface area contributed by atoms with E-state index in [0.717, 1.165) is 19.3 Å². The maximum Gasteiger partial charge on any atom is 0.186 e. The molecule has 0 amide bonds. The van der Waals surface area contributed by atoms with Gasteiger partial charge in [0.05, 0.1) is 31.5 Å². The summed E-state index contributed by atoms with van der Waals surface area (Å²) in [5.74, 6) is 0. The van der Waals surface area contributed by atoms with Crippen LogP contribution in [-0.4, -0.2) is 92.8 Å². The molecule has 8 atom stereocenters. The zero-order valence-electron chi connectivity index (χ0n) is 20.3. The highest BCUT2D eigenvalue weighted by molar-refractivity contribution is 4.89. The number of ether oxygens (including phenoxy) is 2. The fourth-order valence-electron chi connectivity index (χ4n) is 4.16. The van der Waals surface area contributed by atoms with Crippen molar-refractivity contribution in [3.63, 3.8) is 0 Å². The standard InChI is InChI=1S/C24H49NO8/c1-2-3-4-5-6-7-8-9-10-11-12-13-14-18(27)20(28)17(25)16-32-24-23(31)22(30)21(29)19(15-26)33-24/h17-24,26-31H,2-16,25H2,1H3/t17?,18?,19-,20?,21+,22+,23-,24+/m1/s1. The van der Waals surface area contributed by atoms with Crippen LogP contribution in [-0.2, 0) is 9.47 Å². The van der Waals surface area contributed by atoms with Crippen molar-refractivity contribution in [3.8, 4) is 0 Å². The summed E-state index contributed by atoms with van der Waals surface area (Å²) in [4.78, 5) is 0. The molecule has 0 radical (unpaired) electrons. The van der Waals surface area contributed by atoms with Crippen molar-refractivity contribution < 1.29 is 40.1 Å². The van der Waals surface area contributed by atoms with Crippen molar-refractivity contribution in [3.05, 3.63) is 0 Å². The van der Waals surface area contributed by atoms with E-state index >= 15 is 0 Å². The van der Waals surface area contributed by atoms with Gasteiger partial charge in [-0.05, 0) is 6.42 Å². The molecule has 0 aromatic carbocycles. The Balaban J connectivity index is 2.12. The lowest BCUT2D eigenvalue weighted by atomic mass is 9.99. The van der Waals surface area contributed by atoms with E-state index in [2.05, 4.69) is 6.92 Å². The number of aliphatic hydroxyl groups is 6. The Morgan fingerprint density at radius 3 is 1.82 bits per heavy atom. The first-order valence-electron chi connectivity index (χ1n) is 12.9. The second-order valence-electron chi connectivity index (χ2n) is 9.43. The van der Waals surface area contributed by atoms with Crippen molar-refractivity contribution in [2.24, 2.45) is 5.73 Å². The Morgan fingerprint density at radius 2 is 1.30 bits per heavy atom. The van der Waals surface area contributed by atoms with E-state index in [-0.39, 0.29) is 6.61 Å². The Labute approximate surface area is 198 Å². The average molecular weight is 480 g/mol. The lowest BCUT2D eigenvalue weighted by molar-refractivity contribution is -0.302. The Bertz CT molecular complexity index is 470. The summed E-state index contributed by atoms with van der Waals surface area (Å²) in [7, 11) is 0. The maximum absolute atomic E-state index is 10.3. The van der Waals surface area contributed by atoms with E-state index in [1.165, 1.54) is 57.8 Å². The Morgan fingerprint density at radius 1 is 0.788 bits per heavy atom. The molecule has 3 unspecified atom stereocenters. The van der Waals surface area contributed by atoms with Gasteiger partial charge in [0.2, 0.25) is 0 Å². The molecule has 0 saturated carbocycles. The van der Waals surface area contributed by atoms with Crippen LogP contribution in [0.25, 0.3) is 0 Å². The number of nitrogens with two attached hydrogens (primary N) is 1. The van der Waals surface area contributed by atoms with Crippen LogP contribution in [0.1, 0.15) is 90.4 Å². The van der Waals surface area contributed by atoms with Gasteiger partial charge in [-0.2, -0.15) is 0 Å². The number of rotatable bonds is 19. The van der Waals surface area contributed by atoms with Crippen LogP contribution in [0.4, 0.5) is 0 Å². The van der Waals surface area contributed by atoms with Crippen LogP contribution in [0.5, 0.6) is 0 Å². The average Bonchev–Trinajstić information content (AvgIpc) is 2.82. The van der Waals surface area contributed by atoms with Gasteiger partial charge in [0.1, 0.15) is 24.4 Å². The Hall–Kier alpha value is -0.360. The van der Waals surface area contributed by atoms with Gasteiger partial charge in [0.15, 0.2) is 6.29 Å². The summed E-state index contributed by atoms with van der Waals surface area (Å²) in [5, 5.41) is 59.2. The normalized spacial score (nSPS) is 28.5. The van der Waals surface area contributed by atoms with E-state index in [1.54, 1.807) is 0 Å². The number of aliphatic hydroxyl groups excluding tert-OH is 6. The molecule has 33 heavy (non-hydrogen) atoms. The number of unbranched alkanes of at least 4 members (excludes halogenated alkanes) is 11. The molecule has 9 nitrogen and oxygen atoms in total. The summed E-state index contributed by atoms with van der Waals surface area (Å²) in [5.41, 5.74) is 5.91. The molecular formula is C24H49NO8. The fraction of sp³-hybridized carbons (Fsp3) is 1.00. The molecule has 0 aliphatic carbocycles. The molecule has 1 saturated heterocycles. The molecule has 0 aromatic rings. The lowest BCUT2D eigenvalue weighted by Gasteiger charge is -2.40. The van der Waals surface area contributed by atoms with Crippen molar-refractivity contribution in [1.29, 1.82) is 0 Å². The molecule has 1 rings (SSSR count). The maximum atomic E-state index is 10.3. The predicted molar refractivity (Wildman–Crippen MR) is 125 cm³/mol. The first-order valence-corrected chi connectivity index (χ1v) is 12.9. The molecular weight excluding hydrogens is 430 g/mol. The monoisotopic (exact) mass is 479 g/mol. The highest BCUT2D eigenvalue weighted by Gasteiger charge is 2.44. The van der Waals surface area contributed by atoms with Gasteiger partial charge in [0, 0.05) is 0 Å². The minimum absolute atomic E-state index is 0.237. The summed E-state index contributed by atoms with van der Waals surface area (Å²) in [6.07, 6.45) is 5.95. The van der Waals surface area contributed by atoms with E-state index in [4.69, 9.17) is 15.2 Å². The molecule has 0 bridgehead atoms. The molecule has 0 spiro atoms. The quantitative estimate of drug-likeness (QED) is 0.133. The summed E-state index contributed by atoms with van der Waals surface area (Å²) >= 11 is 0. The number of hydrogen-bond donors (Lipinski definition) is 7. The largest absolute Gasteiger partial charge is 0.394 e. The van der Waals surface area contributed by atoms with Gasteiger partial charge in [0.25, 0.3) is 0 Å². The molecule has 0 aromatic heterocycles. The highest BCUT2D eigenvalue weighted by atomic mass is 16.7. The van der Waals surface area contributed by atoms with Gasteiger partial charge in [-0.25, -0.2) is 0 Å². The molecule has 1 fully saturated rings. The second-order valence-corrected chi connectivity index (χ2v) is 9.43. The molecule has 1 aliphatic heterocycles. The van der Waals surface area contributed by atoms with Crippen LogP contribution in [0.2, 0.25) is 0 Å². The molecule has 1 heterocycles. The zero-order valence-corrected chi connectivity index (χ0v) is 20.3. The van der Waals surface area contributed by atoms with E-state index in [0.29, 0.717) is 6.42 Å². The summed E-state index contributed by atoms with van der Waals surface area (Å²) in [6, 6.07) is -0.926. The lowest BCUT2D eigenvalue weighted by Crippen LogP contribution is -2.60. The van der Waals surface area contributed by atoms with Gasteiger partial charge >= 0.3 is 0 Å². The Kier molecular flexibility index (Phi) is 16.7. The van der Waals surface area contributed by atoms with Crippen molar-refractivity contribution >= 4 is 0 Å². The third-order valence-electron chi connectivity index (χ3n) is 6.49. The fourth-order valence-corrected chi connectivity index (χ4v) is 4.16. The molecule has 198 valence electrons. The minimum Gasteiger partial charge on any atom is -0.394 e. The van der Waals surface area contributed by atoms with Gasteiger partial charge in [-0.3, -0.25) is 0 Å². The van der Waals surface area contributed by atoms with Crippen LogP contribution in [0, 0.1) is 0 Å². The van der Waals surface area contributed by atoms with Gasteiger partial charge < -0.3 is 45.8 Å². The van der Waals surface area contributed by atoms with Crippen molar-refractivity contribution in [1.82, 2.24) is 0 Å². The highest BCUT2D eigenvalue weighted by Crippen LogP contribution is 2.22. The SMILES string of the molecule is CCCCCCCCCCCCCCC(O)C(O)C(N)CO[C@H]1O[C@H](CO)[C@H](O)[C@H](O)[C@H]1O. The van der Waals surface area contributed by atoms with Crippen molar-refractivity contribution in [2.75, 3.05) is 13.2 Å². The van der Waals surface area contributed by atoms with Crippen LogP contribution >= 0.6 is 0 Å². The third-order valence-corrected chi connectivity index (χ3v) is 6.49. The van der Waals surface area contributed by atoms with Gasteiger partial charge in [-0.1, -0.05) is 84.0 Å². The first kappa shape index (κ1) is 30.7.